The van der Waals surface area contributed by atoms with Crippen LogP contribution in [0.2, 0.25) is 0 Å². The maximum absolute atomic E-state index is 3.87. The van der Waals surface area contributed by atoms with E-state index < -0.39 is 0 Å². The second kappa shape index (κ2) is 28.7. The van der Waals surface area contributed by atoms with Crippen molar-refractivity contribution in [1.29, 1.82) is 0 Å². The van der Waals surface area contributed by atoms with Gasteiger partial charge in [0, 0.05) is 0 Å². The molecule has 0 aromatic carbocycles. The first-order valence-corrected chi connectivity index (χ1v) is 9.41. The third-order valence-corrected chi connectivity index (χ3v) is 3.71. The van der Waals surface area contributed by atoms with Gasteiger partial charge in [0.1, 0.15) is 0 Å². The first kappa shape index (κ1) is 26.5. The first-order chi connectivity index (χ1) is 9.83. The van der Waals surface area contributed by atoms with Crippen LogP contribution >= 0.6 is 0 Å². The van der Waals surface area contributed by atoms with Crippen LogP contribution in [0.4, 0.5) is 0 Å². The zero-order chi connectivity index (χ0) is 15.3. The third kappa shape index (κ3) is 33.4. The molecular weight excluding hydrogens is 306 g/mol. The summed E-state index contributed by atoms with van der Waals surface area (Å²) >= 11 is 0. The Labute approximate surface area is 150 Å². The molecule has 0 aliphatic rings. The molecule has 0 rings (SSSR count). The van der Waals surface area contributed by atoms with E-state index in [2.05, 4.69) is 27.7 Å². The van der Waals surface area contributed by atoms with Crippen LogP contribution in [-0.4, -0.2) is 0 Å². The van der Waals surface area contributed by atoms with Gasteiger partial charge in [-0.3, -0.25) is 0 Å². The molecule has 0 nitrogen and oxygen atoms in total. The standard InChI is InChI=1S/C16H33.C4H9.Zn/c1-3-5-7-9-11-13-15-16-14-12-10-8-6-4-2;1-3-4-2;/h1,3-16H2,2H3;1,3-4H2,2H3;/q2*-1;+2. The predicted octanol–water partition coefficient (Wildman–Crippen LogP) is 7.92. The van der Waals surface area contributed by atoms with Crippen LogP contribution in [0, 0.1) is 13.8 Å². The van der Waals surface area contributed by atoms with Crippen molar-refractivity contribution in [1.82, 2.24) is 0 Å². The molecule has 0 amide bonds. The Morgan fingerprint density at radius 3 is 0.952 bits per heavy atom. The number of rotatable bonds is 14. The zero-order valence-corrected chi connectivity index (χ0v) is 18.4. The van der Waals surface area contributed by atoms with E-state index in [9.17, 15) is 0 Å². The number of hydrogen-bond donors (Lipinski definition) is 0. The summed E-state index contributed by atoms with van der Waals surface area (Å²) < 4.78 is 0. The molecule has 0 N–H and O–H groups in total. The Morgan fingerprint density at radius 2 is 0.714 bits per heavy atom. The van der Waals surface area contributed by atoms with E-state index in [4.69, 9.17) is 0 Å². The maximum Gasteiger partial charge on any atom is 2.00 e. The minimum atomic E-state index is 0. The van der Waals surface area contributed by atoms with Crippen molar-refractivity contribution < 1.29 is 19.5 Å². The molecule has 124 valence electrons. The van der Waals surface area contributed by atoms with E-state index in [0.717, 1.165) is 12.8 Å². The molecule has 0 aliphatic heterocycles. The van der Waals surface area contributed by atoms with Gasteiger partial charge in [-0.1, -0.05) is 104 Å². The maximum atomic E-state index is 3.87. The van der Waals surface area contributed by atoms with E-state index >= 15 is 0 Å². The van der Waals surface area contributed by atoms with Gasteiger partial charge in [-0.05, 0) is 0 Å². The molecule has 0 unspecified atom stereocenters. The van der Waals surface area contributed by atoms with Crippen LogP contribution in [0.15, 0.2) is 0 Å². The van der Waals surface area contributed by atoms with Crippen molar-refractivity contribution in [2.75, 3.05) is 0 Å². The summed E-state index contributed by atoms with van der Waals surface area (Å²) in [5, 5.41) is 0. The Bertz CT molecular complexity index is 118. The molecule has 0 saturated carbocycles. The molecule has 0 heterocycles. The summed E-state index contributed by atoms with van der Waals surface area (Å²) in [5.41, 5.74) is 0. The largest absolute Gasteiger partial charge is 2.00 e. The van der Waals surface area contributed by atoms with Gasteiger partial charge >= 0.3 is 19.5 Å². The van der Waals surface area contributed by atoms with Crippen molar-refractivity contribution in [3.05, 3.63) is 13.8 Å². The smallest absolute Gasteiger partial charge is 0.343 e. The molecule has 0 aliphatic carbocycles. The molecule has 0 atom stereocenters. The fourth-order valence-corrected chi connectivity index (χ4v) is 2.19. The van der Waals surface area contributed by atoms with Gasteiger partial charge < -0.3 is 13.8 Å². The van der Waals surface area contributed by atoms with Crippen LogP contribution in [0.1, 0.15) is 117 Å². The van der Waals surface area contributed by atoms with E-state index in [1.807, 2.05) is 0 Å². The molecule has 0 spiro atoms. The van der Waals surface area contributed by atoms with Crippen molar-refractivity contribution >= 4 is 0 Å². The molecular formula is C20H42Zn. The molecule has 0 fully saturated rings. The number of unbranched alkanes of at least 4 members (excludes halogenated alkanes) is 14. The van der Waals surface area contributed by atoms with Gasteiger partial charge in [0.15, 0.2) is 0 Å². The minimum Gasteiger partial charge on any atom is -0.343 e. The molecule has 0 aromatic heterocycles. The van der Waals surface area contributed by atoms with Gasteiger partial charge in [-0.15, -0.1) is 0 Å². The van der Waals surface area contributed by atoms with Crippen molar-refractivity contribution in [3.8, 4) is 0 Å². The van der Waals surface area contributed by atoms with E-state index in [1.54, 1.807) is 0 Å². The van der Waals surface area contributed by atoms with Gasteiger partial charge in [0.25, 0.3) is 0 Å². The molecule has 1 heteroatoms. The third-order valence-electron chi connectivity index (χ3n) is 3.71. The van der Waals surface area contributed by atoms with Crippen molar-refractivity contribution in [2.24, 2.45) is 0 Å². The summed E-state index contributed by atoms with van der Waals surface area (Å²) in [5.74, 6) is 0. The SMILES string of the molecule is [CH2-]CCC.[CH2-]CCCCCCCCCCCCCCC.[Zn+2]. The Balaban J connectivity index is -0.000000572. The first-order valence-electron chi connectivity index (χ1n) is 9.41. The quantitative estimate of drug-likeness (QED) is 0.170. The minimum absolute atomic E-state index is 0. The molecule has 0 saturated heterocycles. The average Bonchev–Trinajstić information content (AvgIpc) is 2.49. The van der Waals surface area contributed by atoms with E-state index in [0.29, 0.717) is 0 Å². The molecule has 0 radical (unpaired) electrons. The molecule has 21 heavy (non-hydrogen) atoms. The monoisotopic (exact) mass is 346 g/mol. The van der Waals surface area contributed by atoms with Gasteiger partial charge in [0.05, 0.1) is 0 Å². The predicted molar refractivity (Wildman–Crippen MR) is 95.9 cm³/mol. The van der Waals surface area contributed by atoms with Crippen LogP contribution < -0.4 is 0 Å². The fourth-order valence-electron chi connectivity index (χ4n) is 2.19. The second-order valence-electron chi connectivity index (χ2n) is 5.95. The normalized spacial score (nSPS) is 9.71. The van der Waals surface area contributed by atoms with Gasteiger partial charge in [-0.25, -0.2) is 0 Å². The summed E-state index contributed by atoms with van der Waals surface area (Å²) in [6, 6.07) is 0. The van der Waals surface area contributed by atoms with E-state index in [-0.39, 0.29) is 19.5 Å². The topological polar surface area (TPSA) is 0 Å². The second-order valence-corrected chi connectivity index (χ2v) is 5.95. The van der Waals surface area contributed by atoms with Gasteiger partial charge in [0.2, 0.25) is 0 Å². The summed E-state index contributed by atoms with van der Waals surface area (Å²) in [7, 11) is 0. The zero-order valence-electron chi connectivity index (χ0n) is 15.4. The van der Waals surface area contributed by atoms with E-state index in [1.165, 1.54) is 89.9 Å². The van der Waals surface area contributed by atoms with Crippen LogP contribution in [-0.2, 0) is 19.5 Å². The molecule has 0 bridgehead atoms. The van der Waals surface area contributed by atoms with Crippen molar-refractivity contribution in [3.63, 3.8) is 0 Å². The Kier molecular flexibility index (Phi) is 36.3. The fraction of sp³-hybridized carbons (Fsp3) is 0.900. The molecule has 0 aromatic rings. The van der Waals surface area contributed by atoms with Crippen LogP contribution in [0.3, 0.4) is 0 Å². The van der Waals surface area contributed by atoms with Crippen LogP contribution in [0.25, 0.3) is 0 Å². The average molecular weight is 348 g/mol. The summed E-state index contributed by atoms with van der Waals surface area (Å²) in [6.07, 6.45) is 22.1. The number of hydrogen-bond acceptors (Lipinski definition) is 0. The Hall–Kier alpha value is 0.623. The summed E-state index contributed by atoms with van der Waals surface area (Å²) in [6.45, 7) is 11.9. The van der Waals surface area contributed by atoms with Crippen molar-refractivity contribution in [2.45, 2.75) is 117 Å². The Morgan fingerprint density at radius 1 is 0.429 bits per heavy atom. The van der Waals surface area contributed by atoms with Crippen LogP contribution in [0.5, 0.6) is 0 Å². The van der Waals surface area contributed by atoms with Gasteiger partial charge in [-0.2, -0.15) is 12.8 Å². The summed E-state index contributed by atoms with van der Waals surface area (Å²) in [4.78, 5) is 0.